The van der Waals surface area contributed by atoms with E-state index in [4.69, 9.17) is 11.6 Å². The normalized spacial score (nSPS) is 20.2. The monoisotopic (exact) mass is 347 g/mol. The number of alkyl halides is 1. The smallest absolute Gasteiger partial charge is 0.254 e. The molecule has 1 heterocycles. The van der Waals surface area contributed by atoms with E-state index in [1.165, 1.54) is 18.2 Å². The second-order valence-electron chi connectivity index (χ2n) is 4.78. The van der Waals surface area contributed by atoms with Crippen LogP contribution in [0.5, 0.6) is 0 Å². The minimum Gasteiger partial charge on any atom is -0.335 e. The van der Waals surface area contributed by atoms with Crippen molar-refractivity contribution in [3.05, 3.63) is 34.6 Å². The van der Waals surface area contributed by atoms with Crippen molar-refractivity contribution < 1.29 is 9.18 Å². The van der Waals surface area contributed by atoms with Gasteiger partial charge in [0.1, 0.15) is 5.82 Å². The number of carbonyl (C=O) groups excluding carboxylic acids is 1. The van der Waals surface area contributed by atoms with Crippen molar-refractivity contribution in [3.63, 3.8) is 0 Å². The van der Waals surface area contributed by atoms with Crippen molar-refractivity contribution in [3.8, 4) is 0 Å². The first-order valence-electron chi connectivity index (χ1n) is 6.45. The first kappa shape index (κ1) is 14.8. The Morgan fingerprint density at radius 3 is 2.89 bits per heavy atom. The maximum absolute atomic E-state index is 13.1. The van der Waals surface area contributed by atoms with Gasteiger partial charge in [0.05, 0.1) is 5.02 Å². The van der Waals surface area contributed by atoms with Crippen LogP contribution in [-0.2, 0) is 0 Å². The first-order valence-corrected chi connectivity index (χ1v) is 7.95. The molecule has 1 atom stereocenters. The minimum atomic E-state index is -0.494. The summed E-state index contributed by atoms with van der Waals surface area (Å²) in [5, 5.41) is 0.768. The van der Waals surface area contributed by atoms with Crippen LogP contribution in [0.25, 0.3) is 0 Å². The highest BCUT2D eigenvalue weighted by Crippen LogP contribution is 2.23. The zero-order valence-electron chi connectivity index (χ0n) is 10.5. The maximum Gasteiger partial charge on any atom is 0.254 e. The van der Waals surface area contributed by atoms with Crippen molar-refractivity contribution >= 4 is 33.4 Å². The van der Waals surface area contributed by atoms with Gasteiger partial charge in [-0.3, -0.25) is 4.79 Å². The van der Waals surface area contributed by atoms with Gasteiger partial charge in [0.25, 0.3) is 5.91 Å². The number of amides is 1. The van der Waals surface area contributed by atoms with E-state index in [-0.39, 0.29) is 17.0 Å². The molecule has 0 spiro atoms. The van der Waals surface area contributed by atoms with E-state index in [0.717, 1.165) is 37.6 Å². The van der Waals surface area contributed by atoms with Gasteiger partial charge in [-0.05, 0) is 31.0 Å². The van der Waals surface area contributed by atoms with Crippen LogP contribution in [0.3, 0.4) is 0 Å². The number of hydrogen-bond donors (Lipinski definition) is 0. The molecule has 1 amide bonds. The lowest BCUT2D eigenvalue weighted by molar-refractivity contribution is 0.0702. The molecule has 1 unspecified atom stereocenters. The molecular formula is C14H16BrClFNO. The van der Waals surface area contributed by atoms with Crippen LogP contribution >= 0.6 is 27.5 Å². The number of nitrogens with zero attached hydrogens (tertiary/aromatic N) is 1. The lowest BCUT2D eigenvalue weighted by atomic mass is 10.1. The predicted molar refractivity (Wildman–Crippen MR) is 78.5 cm³/mol. The van der Waals surface area contributed by atoms with Crippen LogP contribution in [0.4, 0.5) is 4.39 Å². The average Bonchev–Trinajstić information content (AvgIpc) is 2.66. The molecule has 0 radical (unpaired) electrons. The quantitative estimate of drug-likeness (QED) is 0.731. The van der Waals surface area contributed by atoms with Crippen LogP contribution in [-0.4, -0.2) is 28.7 Å². The molecule has 2 rings (SSSR count). The van der Waals surface area contributed by atoms with E-state index in [1.807, 2.05) is 4.90 Å². The molecule has 0 bridgehead atoms. The van der Waals surface area contributed by atoms with Crippen LogP contribution < -0.4 is 0 Å². The van der Waals surface area contributed by atoms with E-state index in [9.17, 15) is 9.18 Å². The highest BCUT2D eigenvalue weighted by atomic mass is 79.9. The number of halogens is 3. The lowest BCUT2D eigenvalue weighted by Gasteiger charge is -2.28. The Balaban J connectivity index is 2.22. The van der Waals surface area contributed by atoms with E-state index >= 15 is 0 Å². The lowest BCUT2D eigenvalue weighted by Crippen LogP contribution is -2.41. The number of rotatable bonds is 2. The van der Waals surface area contributed by atoms with Crippen molar-refractivity contribution in [2.75, 3.05) is 11.9 Å². The van der Waals surface area contributed by atoms with Crippen LogP contribution in [0.15, 0.2) is 18.2 Å². The number of hydrogen-bond acceptors (Lipinski definition) is 1. The van der Waals surface area contributed by atoms with Crippen LogP contribution in [0.1, 0.15) is 36.0 Å². The molecule has 1 aliphatic heterocycles. The summed E-state index contributed by atoms with van der Waals surface area (Å²) < 4.78 is 13.1. The fourth-order valence-electron chi connectivity index (χ4n) is 2.40. The van der Waals surface area contributed by atoms with E-state index < -0.39 is 5.82 Å². The molecule has 2 nitrogen and oxygen atoms in total. The molecule has 0 aromatic heterocycles. The van der Waals surface area contributed by atoms with E-state index in [0.29, 0.717) is 5.56 Å². The Morgan fingerprint density at radius 2 is 2.21 bits per heavy atom. The summed E-state index contributed by atoms with van der Waals surface area (Å²) in [4.78, 5) is 14.4. The van der Waals surface area contributed by atoms with Crippen molar-refractivity contribution in [1.82, 2.24) is 4.90 Å². The third-order valence-electron chi connectivity index (χ3n) is 3.48. The summed E-state index contributed by atoms with van der Waals surface area (Å²) in [6, 6.07) is 4.37. The molecule has 0 aliphatic carbocycles. The van der Waals surface area contributed by atoms with Gasteiger partial charge in [0.15, 0.2) is 0 Å². The predicted octanol–water partition coefficient (Wildman–Crippen LogP) is 4.26. The maximum atomic E-state index is 13.1. The van der Waals surface area contributed by atoms with Gasteiger partial charge in [-0.1, -0.05) is 40.4 Å². The molecule has 19 heavy (non-hydrogen) atoms. The highest BCUT2D eigenvalue weighted by molar-refractivity contribution is 9.09. The van der Waals surface area contributed by atoms with Gasteiger partial charge < -0.3 is 4.90 Å². The standard InChI is InChI=1S/C14H16BrClFNO/c15-9-11-4-2-1-3-7-18(11)14(19)10-5-6-13(17)12(16)8-10/h5-6,8,11H,1-4,7,9H2. The molecule has 5 heteroatoms. The number of carbonyl (C=O) groups is 1. The summed E-state index contributed by atoms with van der Waals surface area (Å²) in [7, 11) is 0. The van der Waals surface area contributed by atoms with Gasteiger partial charge in [0, 0.05) is 23.5 Å². The SMILES string of the molecule is O=C(c1ccc(F)c(Cl)c1)N1CCCCCC1CBr. The molecular weight excluding hydrogens is 333 g/mol. The molecule has 0 saturated carbocycles. The molecule has 104 valence electrons. The summed E-state index contributed by atoms with van der Waals surface area (Å²) in [5.74, 6) is -0.556. The minimum absolute atomic E-state index is 0.00364. The van der Waals surface area contributed by atoms with Gasteiger partial charge in [-0.15, -0.1) is 0 Å². The average molecular weight is 349 g/mol. The molecule has 1 aromatic carbocycles. The van der Waals surface area contributed by atoms with E-state index in [2.05, 4.69) is 15.9 Å². The molecule has 1 aromatic rings. The van der Waals surface area contributed by atoms with Gasteiger partial charge in [-0.25, -0.2) is 4.39 Å². The highest BCUT2D eigenvalue weighted by Gasteiger charge is 2.25. The molecule has 1 aliphatic rings. The molecule has 1 saturated heterocycles. The van der Waals surface area contributed by atoms with Crippen LogP contribution in [0.2, 0.25) is 5.02 Å². The van der Waals surface area contributed by atoms with Gasteiger partial charge in [0.2, 0.25) is 0 Å². The second-order valence-corrected chi connectivity index (χ2v) is 5.84. The fourth-order valence-corrected chi connectivity index (χ4v) is 3.25. The largest absolute Gasteiger partial charge is 0.335 e. The Labute approximate surface area is 126 Å². The Kier molecular flexibility index (Phi) is 5.22. The Hall–Kier alpha value is -0.610. The van der Waals surface area contributed by atoms with Crippen molar-refractivity contribution in [2.24, 2.45) is 0 Å². The zero-order valence-corrected chi connectivity index (χ0v) is 12.9. The van der Waals surface area contributed by atoms with Crippen LogP contribution in [0, 0.1) is 5.82 Å². The van der Waals surface area contributed by atoms with Crippen molar-refractivity contribution in [2.45, 2.75) is 31.7 Å². The second kappa shape index (κ2) is 6.71. The van der Waals surface area contributed by atoms with Crippen molar-refractivity contribution in [1.29, 1.82) is 0 Å². The van der Waals surface area contributed by atoms with Gasteiger partial charge in [-0.2, -0.15) is 0 Å². The Morgan fingerprint density at radius 1 is 1.42 bits per heavy atom. The summed E-state index contributed by atoms with van der Waals surface area (Å²) in [5.41, 5.74) is 0.458. The summed E-state index contributed by atoms with van der Waals surface area (Å²) >= 11 is 9.22. The summed E-state index contributed by atoms with van der Waals surface area (Å²) in [6.45, 7) is 0.754. The molecule has 1 fully saturated rings. The van der Waals surface area contributed by atoms with Gasteiger partial charge >= 0.3 is 0 Å². The Bertz CT molecular complexity index is 469. The zero-order chi connectivity index (χ0) is 13.8. The fraction of sp³-hybridized carbons (Fsp3) is 0.500. The third kappa shape index (κ3) is 3.48. The van der Waals surface area contributed by atoms with E-state index in [1.54, 1.807) is 0 Å². The molecule has 0 N–H and O–H groups in total. The first-order chi connectivity index (χ1) is 9.13. The number of benzene rings is 1. The summed E-state index contributed by atoms with van der Waals surface area (Å²) in [6.07, 6.45) is 4.32. The number of likely N-dealkylation sites (tertiary alicyclic amines) is 1. The third-order valence-corrected chi connectivity index (χ3v) is 4.52. The topological polar surface area (TPSA) is 20.3 Å².